The van der Waals surface area contributed by atoms with Gasteiger partial charge in [0.05, 0.1) is 12.8 Å². The van der Waals surface area contributed by atoms with Gasteiger partial charge in [0.15, 0.2) is 0 Å². The number of carbonyl (C=O) groups excluding carboxylic acids is 1. The molecule has 1 aromatic carbocycles. The third-order valence-electron chi connectivity index (χ3n) is 3.48. The minimum absolute atomic E-state index is 0.191. The predicted octanol–water partition coefficient (Wildman–Crippen LogP) is 3.21. The molecule has 2 aromatic heterocycles. The summed E-state index contributed by atoms with van der Waals surface area (Å²) in [5.74, 6) is 0.507. The lowest BCUT2D eigenvalue weighted by molar-refractivity contribution is 0.102. The number of fused-ring (bicyclic) bond motifs is 1. The summed E-state index contributed by atoms with van der Waals surface area (Å²) in [5.41, 5.74) is 3.76. The molecular weight excluding hydrogens is 278 g/mol. The molecule has 2 heterocycles. The van der Waals surface area contributed by atoms with Crippen LogP contribution in [0, 0.1) is 13.8 Å². The number of methoxy groups -OCH3 is 1. The van der Waals surface area contributed by atoms with Gasteiger partial charge in [-0.2, -0.15) is 0 Å². The van der Waals surface area contributed by atoms with Crippen molar-refractivity contribution in [2.75, 3.05) is 12.4 Å². The Morgan fingerprint density at radius 2 is 2.05 bits per heavy atom. The minimum Gasteiger partial charge on any atom is -0.497 e. The van der Waals surface area contributed by atoms with Crippen LogP contribution < -0.4 is 10.1 Å². The number of nitrogens with zero attached hydrogens (tertiary/aromatic N) is 2. The van der Waals surface area contributed by atoms with Gasteiger partial charge < -0.3 is 10.1 Å². The Kier molecular flexibility index (Phi) is 3.55. The van der Waals surface area contributed by atoms with E-state index in [0.717, 1.165) is 11.2 Å². The van der Waals surface area contributed by atoms with Crippen molar-refractivity contribution in [2.24, 2.45) is 0 Å². The second kappa shape index (κ2) is 5.52. The van der Waals surface area contributed by atoms with Crippen molar-refractivity contribution in [1.82, 2.24) is 9.38 Å². The number of pyridine rings is 1. The van der Waals surface area contributed by atoms with E-state index in [1.54, 1.807) is 13.2 Å². The summed E-state index contributed by atoms with van der Waals surface area (Å²) in [4.78, 5) is 17.0. The van der Waals surface area contributed by atoms with Crippen molar-refractivity contribution in [3.63, 3.8) is 0 Å². The van der Waals surface area contributed by atoms with E-state index >= 15 is 0 Å². The van der Waals surface area contributed by atoms with Crippen LogP contribution in [0.15, 0.2) is 42.6 Å². The molecule has 0 bridgehead atoms. The molecule has 0 spiro atoms. The molecular formula is C17H17N3O2. The average molecular weight is 295 g/mol. The number of aryl methyl sites for hydroxylation is 2. The summed E-state index contributed by atoms with van der Waals surface area (Å²) in [7, 11) is 1.60. The molecule has 1 N–H and O–H groups in total. The monoisotopic (exact) mass is 295 g/mol. The third-order valence-corrected chi connectivity index (χ3v) is 3.48. The Bertz CT molecular complexity index is 852. The van der Waals surface area contributed by atoms with Gasteiger partial charge in [-0.3, -0.25) is 9.20 Å². The highest BCUT2D eigenvalue weighted by Crippen LogP contribution is 2.19. The maximum atomic E-state index is 12.6. The number of carbonyl (C=O) groups is 1. The van der Waals surface area contributed by atoms with Crippen LogP contribution in [0.1, 0.15) is 21.7 Å². The summed E-state index contributed by atoms with van der Waals surface area (Å²) in [5, 5.41) is 2.89. The summed E-state index contributed by atoms with van der Waals surface area (Å²) >= 11 is 0. The topological polar surface area (TPSA) is 55.6 Å². The number of amides is 1. The molecule has 0 unspecified atom stereocenters. The van der Waals surface area contributed by atoms with Gasteiger partial charge in [-0.05, 0) is 37.6 Å². The minimum atomic E-state index is -0.191. The summed E-state index contributed by atoms with van der Waals surface area (Å²) in [6, 6.07) is 11.2. The first-order valence-electron chi connectivity index (χ1n) is 6.99. The first-order chi connectivity index (χ1) is 10.6. The molecule has 0 aliphatic heterocycles. The van der Waals surface area contributed by atoms with Crippen molar-refractivity contribution in [2.45, 2.75) is 13.8 Å². The smallest absolute Gasteiger partial charge is 0.274 e. The Labute approximate surface area is 128 Å². The van der Waals surface area contributed by atoms with Gasteiger partial charge in [0.25, 0.3) is 5.91 Å². The lowest BCUT2D eigenvalue weighted by Crippen LogP contribution is -2.15. The fraction of sp³-hybridized carbons (Fsp3) is 0.176. The van der Waals surface area contributed by atoms with Gasteiger partial charge in [-0.25, -0.2) is 4.98 Å². The molecule has 112 valence electrons. The predicted molar refractivity (Wildman–Crippen MR) is 85.6 cm³/mol. The zero-order chi connectivity index (χ0) is 15.7. The molecule has 0 aliphatic rings. The molecule has 0 fully saturated rings. The molecule has 3 aromatic rings. The number of nitrogens with one attached hydrogen (secondary N) is 1. The van der Waals surface area contributed by atoms with E-state index in [1.807, 2.05) is 54.8 Å². The average Bonchev–Trinajstić information content (AvgIpc) is 2.82. The highest BCUT2D eigenvalue weighted by molar-refractivity contribution is 6.04. The standard InChI is InChI=1S/C17H17N3O2/c1-11-7-8-15-18-12(2)16(20(15)10-11)17(21)19-13-5-4-6-14(9-13)22-3/h4-10H,1-3H3,(H,19,21). The molecule has 5 heteroatoms. The van der Waals surface area contributed by atoms with Gasteiger partial charge in [0.1, 0.15) is 17.1 Å². The van der Waals surface area contributed by atoms with Crippen molar-refractivity contribution in [1.29, 1.82) is 0 Å². The molecule has 5 nitrogen and oxygen atoms in total. The molecule has 0 saturated heterocycles. The number of imidazole rings is 1. The van der Waals surface area contributed by atoms with E-state index < -0.39 is 0 Å². The third kappa shape index (κ3) is 2.53. The van der Waals surface area contributed by atoms with E-state index in [-0.39, 0.29) is 5.91 Å². The van der Waals surface area contributed by atoms with Crippen molar-refractivity contribution in [3.05, 3.63) is 59.5 Å². The van der Waals surface area contributed by atoms with Crippen LogP contribution in [-0.4, -0.2) is 22.4 Å². The number of aromatic nitrogens is 2. The summed E-state index contributed by atoms with van der Waals surface area (Å²) < 4.78 is 6.99. The SMILES string of the molecule is COc1cccc(NC(=O)c2c(C)nc3ccc(C)cn23)c1. The van der Waals surface area contributed by atoms with Gasteiger partial charge in [0.2, 0.25) is 0 Å². The zero-order valence-electron chi connectivity index (χ0n) is 12.8. The van der Waals surface area contributed by atoms with Crippen LogP contribution in [0.25, 0.3) is 5.65 Å². The number of rotatable bonds is 3. The van der Waals surface area contributed by atoms with E-state index in [2.05, 4.69) is 10.3 Å². The van der Waals surface area contributed by atoms with Crippen LogP contribution in [0.5, 0.6) is 5.75 Å². The van der Waals surface area contributed by atoms with Crippen LogP contribution in [0.3, 0.4) is 0 Å². The lowest BCUT2D eigenvalue weighted by atomic mass is 10.2. The molecule has 0 aliphatic carbocycles. The molecule has 22 heavy (non-hydrogen) atoms. The van der Waals surface area contributed by atoms with Crippen molar-refractivity contribution < 1.29 is 9.53 Å². The first kappa shape index (κ1) is 14.1. The molecule has 0 saturated carbocycles. The second-order valence-corrected chi connectivity index (χ2v) is 5.17. The summed E-state index contributed by atoms with van der Waals surface area (Å²) in [6.07, 6.45) is 1.91. The fourth-order valence-electron chi connectivity index (χ4n) is 2.43. The molecule has 0 atom stereocenters. The van der Waals surface area contributed by atoms with E-state index in [0.29, 0.717) is 22.8 Å². The molecule has 3 rings (SSSR count). The number of hydrogen-bond donors (Lipinski definition) is 1. The Morgan fingerprint density at radius 1 is 1.23 bits per heavy atom. The maximum absolute atomic E-state index is 12.6. The molecule has 0 radical (unpaired) electrons. The highest BCUT2D eigenvalue weighted by Gasteiger charge is 2.16. The normalized spacial score (nSPS) is 10.7. The fourth-order valence-corrected chi connectivity index (χ4v) is 2.43. The van der Waals surface area contributed by atoms with Crippen LogP contribution in [0.2, 0.25) is 0 Å². The van der Waals surface area contributed by atoms with Crippen LogP contribution >= 0.6 is 0 Å². The van der Waals surface area contributed by atoms with Gasteiger partial charge >= 0.3 is 0 Å². The maximum Gasteiger partial charge on any atom is 0.274 e. The van der Waals surface area contributed by atoms with Gasteiger partial charge in [-0.1, -0.05) is 12.1 Å². The largest absolute Gasteiger partial charge is 0.497 e. The Morgan fingerprint density at radius 3 is 2.82 bits per heavy atom. The molecule has 1 amide bonds. The van der Waals surface area contributed by atoms with E-state index in [4.69, 9.17) is 4.74 Å². The van der Waals surface area contributed by atoms with E-state index in [1.165, 1.54) is 0 Å². The van der Waals surface area contributed by atoms with Crippen molar-refractivity contribution in [3.8, 4) is 5.75 Å². The summed E-state index contributed by atoms with van der Waals surface area (Å²) in [6.45, 7) is 3.82. The Balaban J connectivity index is 1.98. The van der Waals surface area contributed by atoms with Gasteiger partial charge in [-0.15, -0.1) is 0 Å². The van der Waals surface area contributed by atoms with Crippen LogP contribution in [-0.2, 0) is 0 Å². The zero-order valence-corrected chi connectivity index (χ0v) is 12.8. The number of benzene rings is 1. The van der Waals surface area contributed by atoms with Gasteiger partial charge in [0, 0.05) is 18.0 Å². The number of anilines is 1. The van der Waals surface area contributed by atoms with E-state index in [9.17, 15) is 4.79 Å². The lowest BCUT2D eigenvalue weighted by Gasteiger charge is -2.08. The second-order valence-electron chi connectivity index (χ2n) is 5.17. The van der Waals surface area contributed by atoms with Crippen molar-refractivity contribution >= 4 is 17.2 Å². The quantitative estimate of drug-likeness (QED) is 0.807. The number of hydrogen-bond acceptors (Lipinski definition) is 3. The number of ether oxygens (including phenoxy) is 1. The highest BCUT2D eigenvalue weighted by atomic mass is 16.5. The first-order valence-corrected chi connectivity index (χ1v) is 6.99. The Hall–Kier alpha value is -2.82. The van der Waals surface area contributed by atoms with Crippen LogP contribution in [0.4, 0.5) is 5.69 Å².